The van der Waals surface area contributed by atoms with Crippen LogP contribution in [0.1, 0.15) is 51.9 Å². The van der Waals surface area contributed by atoms with E-state index >= 15 is 0 Å². The SMILES string of the molecule is C=C(CC(=O)OCCCCCCCC)C(=O)OCC(=O)N(C)C. The average molecular weight is 327 g/mol. The zero-order valence-electron chi connectivity index (χ0n) is 14.6. The van der Waals surface area contributed by atoms with Gasteiger partial charge in [-0.05, 0) is 6.42 Å². The minimum absolute atomic E-state index is 0.00972. The highest BCUT2D eigenvalue weighted by atomic mass is 16.5. The topological polar surface area (TPSA) is 72.9 Å². The van der Waals surface area contributed by atoms with Crippen LogP contribution in [0, 0.1) is 0 Å². The molecule has 132 valence electrons. The van der Waals surface area contributed by atoms with Crippen molar-refractivity contribution in [2.45, 2.75) is 51.9 Å². The summed E-state index contributed by atoms with van der Waals surface area (Å²) in [5.74, 6) is -1.59. The molecule has 0 fully saturated rings. The van der Waals surface area contributed by atoms with E-state index in [4.69, 9.17) is 9.47 Å². The molecule has 0 aliphatic heterocycles. The van der Waals surface area contributed by atoms with Gasteiger partial charge in [-0.3, -0.25) is 9.59 Å². The van der Waals surface area contributed by atoms with Gasteiger partial charge in [-0.1, -0.05) is 45.6 Å². The number of esters is 2. The normalized spacial score (nSPS) is 10.0. The Bertz CT molecular complexity index is 404. The Morgan fingerprint density at radius 3 is 2.17 bits per heavy atom. The highest BCUT2D eigenvalue weighted by Gasteiger charge is 2.16. The van der Waals surface area contributed by atoms with Gasteiger partial charge < -0.3 is 14.4 Å². The van der Waals surface area contributed by atoms with E-state index in [1.165, 1.54) is 24.2 Å². The van der Waals surface area contributed by atoms with Crippen LogP contribution in [-0.4, -0.2) is 50.1 Å². The lowest BCUT2D eigenvalue weighted by Crippen LogP contribution is -2.28. The van der Waals surface area contributed by atoms with Crippen LogP contribution in [0.4, 0.5) is 0 Å². The molecule has 0 aliphatic carbocycles. The van der Waals surface area contributed by atoms with Gasteiger partial charge in [0.1, 0.15) is 0 Å². The molecular weight excluding hydrogens is 298 g/mol. The van der Waals surface area contributed by atoms with Crippen LogP contribution in [0.3, 0.4) is 0 Å². The second-order valence-electron chi connectivity index (χ2n) is 5.63. The Morgan fingerprint density at radius 2 is 1.57 bits per heavy atom. The summed E-state index contributed by atoms with van der Waals surface area (Å²) >= 11 is 0. The first-order chi connectivity index (χ1) is 10.9. The van der Waals surface area contributed by atoms with Crippen LogP contribution in [0.5, 0.6) is 0 Å². The summed E-state index contributed by atoms with van der Waals surface area (Å²) in [4.78, 5) is 35.8. The lowest BCUT2D eigenvalue weighted by Gasteiger charge is -2.11. The lowest BCUT2D eigenvalue weighted by molar-refractivity contribution is -0.149. The third-order valence-electron chi connectivity index (χ3n) is 3.23. The van der Waals surface area contributed by atoms with Gasteiger partial charge in [0.05, 0.1) is 13.0 Å². The molecule has 0 spiro atoms. The van der Waals surface area contributed by atoms with Crippen molar-refractivity contribution >= 4 is 17.8 Å². The Kier molecular flexibility index (Phi) is 11.7. The van der Waals surface area contributed by atoms with Crippen molar-refractivity contribution in [2.75, 3.05) is 27.3 Å². The second-order valence-corrected chi connectivity index (χ2v) is 5.63. The van der Waals surface area contributed by atoms with Gasteiger partial charge in [0.25, 0.3) is 5.91 Å². The molecule has 6 heteroatoms. The molecule has 0 N–H and O–H groups in total. The van der Waals surface area contributed by atoms with E-state index in [2.05, 4.69) is 13.5 Å². The van der Waals surface area contributed by atoms with Crippen molar-refractivity contribution in [3.8, 4) is 0 Å². The van der Waals surface area contributed by atoms with Gasteiger partial charge in [-0.15, -0.1) is 0 Å². The Hall–Kier alpha value is -1.85. The molecule has 0 saturated carbocycles. The van der Waals surface area contributed by atoms with E-state index in [-0.39, 0.29) is 24.5 Å². The van der Waals surface area contributed by atoms with Gasteiger partial charge >= 0.3 is 11.9 Å². The zero-order chi connectivity index (χ0) is 17.7. The smallest absolute Gasteiger partial charge is 0.334 e. The molecule has 6 nitrogen and oxygen atoms in total. The third kappa shape index (κ3) is 11.4. The molecule has 0 heterocycles. The maximum Gasteiger partial charge on any atom is 0.334 e. The molecule has 0 atom stereocenters. The summed E-state index contributed by atoms with van der Waals surface area (Å²) in [5, 5.41) is 0. The zero-order valence-corrected chi connectivity index (χ0v) is 14.6. The van der Waals surface area contributed by atoms with Crippen LogP contribution in [-0.2, 0) is 23.9 Å². The molecule has 0 radical (unpaired) electrons. The van der Waals surface area contributed by atoms with Crippen molar-refractivity contribution in [3.63, 3.8) is 0 Å². The van der Waals surface area contributed by atoms with Crippen LogP contribution in [0.25, 0.3) is 0 Å². The van der Waals surface area contributed by atoms with E-state index in [9.17, 15) is 14.4 Å². The monoisotopic (exact) mass is 327 g/mol. The predicted octanol–water partition coefficient (Wildman–Crippen LogP) is 2.47. The summed E-state index contributed by atoms with van der Waals surface area (Å²) < 4.78 is 9.82. The number of carbonyl (C=O) groups is 3. The highest BCUT2D eigenvalue weighted by Crippen LogP contribution is 2.07. The van der Waals surface area contributed by atoms with E-state index in [0.717, 1.165) is 19.3 Å². The van der Waals surface area contributed by atoms with Crippen LogP contribution >= 0.6 is 0 Å². The summed E-state index contributed by atoms with van der Waals surface area (Å²) in [6.45, 7) is 5.65. The maximum atomic E-state index is 11.6. The molecule has 0 bridgehead atoms. The Balaban J connectivity index is 3.78. The van der Waals surface area contributed by atoms with Gasteiger partial charge in [0.2, 0.25) is 0 Å². The number of amides is 1. The molecule has 0 rings (SSSR count). The Morgan fingerprint density at radius 1 is 0.957 bits per heavy atom. The lowest BCUT2D eigenvalue weighted by atomic mass is 10.1. The first-order valence-corrected chi connectivity index (χ1v) is 8.09. The van der Waals surface area contributed by atoms with Crippen LogP contribution in [0.2, 0.25) is 0 Å². The van der Waals surface area contributed by atoms with Crippen molar-refractivity contribution in [1.82, 2.24) is 4.90 Å². The standard InChI is InChI=1S/C17H29NO5/c1-5-6-7-8-9-10-11-22-16(20)12-14(2)17(21)23-13-15(19)18(3)4/h2,5-13H2,1,3-4H3. The second kappa shape index (κ2) is 12.7. The van der Waals surface area contributed by atoms with Crippen molar-refractivity contribution in [3.05, 3.63) is 12.2 Å². The minimum atomic E-state index is -0.753. The first-order valence-electron chi connectivity index (χ1n) is 8.09. The fourth-order valence-corrected chi connectivity index (χ4v) is 1.72. The predicted molar refractivity (Wildman–Crippen MR) is 87.7 cm³/mol. The van der Waals surface area contributed by atoms with E-state index in [1.54, 1.807) is 14.1 Å². The third-order valence-corrected chi connectivity index (χ3v) is 3.23. The summed E-state index contributed by atoms with van der Waals surface area (Å²) in [7, 11) is 3.12. The molecule has 0 unspecified atom stereocenters. The highest BCUT2D eigenvalue weighted by molar-refractivity contribution is 5.94. The molecule has 0 aliphatic rings. The molecule has 23 heavy (non-hydrogen) atoms. The van der Waals surface area contributed by atoms with Gasteiger partial charge in [0, 0.05) is 19.7 Å². The van der Waals surface area contributed by atoms with Crippen molar-refractivity contribution in [1.29, 1.82) is 0 Å². The molecular formula is C17H29NO5. The van der Waals surface area contributed by atoms with E-state index < -0.39 is 11.9 Å². The van der Waals surface area contributed by atoms with Crippen molar-refractivity contribution < 1.29 is 23.9 Å². The average Bonchev–Trinajstić information content (AvgIpc) is 2.50. The molecule has 0 aromatic carbocycles. The summed E-state index contributed by atoms with van der Waals surface area (Å²) in [6.07, 6.45) is 6.42. The number of rotatable bonds is 12. The number of likely N-dealkylation sites (N-methyl/N-ethyl adjacent to an activating group) is 1. The number of carbonyl (C=O) groups excluding carboxylic acids is 3. The van der Waals surface area contributed by atoms with Gasteiger partial charge in [-0.2, -0.15) is 0 Å². The van der Waals surface area contributed by atoms with E-state index in [0.29, 0.717) is 6.61 Å². The fraction of sp³-hybridized carbons (Fsp3) is 0.706. The Labute approximate surface area is 138 Å². The largest absolute Gasteiger partial charge is 0.465 e. The maximum absolute atomic E-state index is 11.6. The fourth-order valence-electron chi connectivity index (χ4n) is 1.72. The van der Waals surface area contributed by atoms with Crippen molar-refractivity contribution in [2.24, 2.45) is 0 Å². The number of hydrogen-bond acceptors (Lipinski definition) is 5. The summed E-state index contributed by atoms with van der Waals surface area (Å²) in [6, 6.07) is 0. The summed E-state index contributed by atoms with van der Waals surface area (Å²) in [5.41, 5.74) is -0.00972. The quantitative estimate of drug-likeness (QED) is 0.313. The first kappa shape index (κ1) is 21.1. The number of hydrogen-bond donors (Lipinski definition) is 0. The number of unbranched alkanes of at least 4 members (excludes halogenated alkanes) is 5. The molecule has 1 amide bonds. The molecule has 0 saturated heterocycles. The molecule has 0 aromatic rings. The molecule has 0 aromatic heterocycles. The number of nitrogens with zero attached hydrogens (tertiary/aromatic N) is 1. The van der Waals surface area contributed by atoms with Gasteiger partial charge in [0.15, 0.2) is 6.61 Å². The van der Waals surface area contributed by atoms with Gasteiger partial charge in [-0.25, -0.2) is 4.79 Å². The minimum Gasteiger partial charge on any atom is -0.465 e. The van der Waals surface area contributed by atoms with Crippen LogP contribution in [0.15, 0.2) is 12.2 Å². The van der Waals surface area contributed by atoms with E-state index in [1.807, 2.05) is 0 Å². The van der Waals surface area contributed by atoms with Crippen LogP contribution < -0.4 is 0 Å². The number of ether oxygens (including phenoxy) is 2.